The van der Waals surface area contributed by atoms with Crippen LogP contribution < -0.4 is 4.74 Å². The molecule has 36 heavy (non-hydrogen) atoms. The van der Waals surface area contributed by atoms with Crippen molar-refractivity contribution in [2.75, 3.05) is 6.61 Å². The van der Waals surface area contributed by atoms with E-state index in [1.165, 1.54) is 6.07 Å². The van der Waals surface area contributed by atoms with E-state index in [4.69, 9.17) is 9.47 Å². The molecule has 0 aliphatic carbocycles. The van der Waals surface area contributed by atoms with Gasteiger partial charge in [0.15, 0.2) is 0 Å². The summed E-state index contributed by atoms with van der Waals surface area (Å²) in [7, 11) is 0. The number of rotatable bonds is 17. The number of ether oxygens (including phenoxy) is 2. The Morgan fingerprint density at radius 3 is 1.75 bits per heavy atom. The molecule has 0 radical (unpaired) electrons. The predicted octanol–water partition coefficient (Wildman–Crippen LogP) is 8.39. The third-order valence-corrected chi connectivity index (χ3v) is 4.77. The standard InChI is InChI=1S/C31H39FO4/c1-3-5-6-7-8-9-10-11-12-13-14-15-16-17-18-19-20-21-22-23-30(33)36-29-25-24-27(32)26-28(29)31(34)35-4-2/h5-6,8-9,11-12,14-15,17-18,20-21,24-26H,3-4,7,10,13,16,19,22-23H2,1-2H3/b6-5-,9-8-,12-11-,15-14-,18-17-,21-20-. The maximum absolute atomic E-state index is 13.5. The molecule has 5 heteroatoms. The lowest BCUT2D eigenvalue weighted by molar-refractivity contribution is -0.134. The van der Waals surface area contributed by atoms with E-state index in [9.17, 15) is 14.0 Å². The van der Waals surface area contributed by atoms with E-state index in [2.05, 4.69) is 67.7 Å². The van der Waals surface area contributed by atoms with Crippen LogP contribution in [0, 0.1) is 5.82 Å². The zero-order valence-electron chi connectivity index (χ0n) is 21.5. The lowest BCUT2D eigenvalue weighted by Crippen LogP contribution is -2.12. The van der Waals surface area contributed by atoms with Crippen molar-refractivity contribution in [2.45, 2.75) is 65.2 Å². The van der Waals surface area contributed by atoms with Crippen molar-refractivity contribution < 1.29 is 23.5 Å². The van der Waals surface area contributed by atoms with Crippen molar-refractivity contribution in [3.05, 3.63) is 102 Å². The van der Waals surface area contributed by atoms with Crippen LogP contribution in [-0.2, 0) is 9.53 Å². The first-order valence-electron chi connectivity index (χ1n) is 12.7. The maximum Gasteiger partial charge on any atom is 0.342 e. The van der Waals surface area contributed by atoms with Crippen molar-refractivity contribution in [2.24, 2.45) is 0 Å². The molecule has 0 amide bonds. The van der Waals surface area contributed by atoms with Gasteiger partial charge in [-0.2, -0.15) is 0 Å². The minimum absolute atomic E-state index is 0.00242. The summed E-state index contributed by atoms with van der Waals surface area (Å²) in [5, 5.41) is 0. The maximum atomic E-state index is 13.5. The Morgan fingerprint density at radius 2 is 1.25 bits per heavy atom. The lowest BCUT2D eigenvalue weighted by Gasteiger charge is -2.09. The van der Waals surface area contributed by atoms with Gasteiger partial charge < -0.3 is 9.47 Å². The fourth-order valence-corrected chi connectivity index (χ4v) is 2.97. The molecule has 0 aliphatic rings. The smallest absolute Gasteiger partial charge is 0.342 e. The van der Waals surface area contributed by atoms with Gasteiger partial charge in [0.05, 0.1) is 6.61 Å². The summed E-state index contributed by atoms with van der Waals surface area (Å²) in [5.41, 5.74) is -0.0980. The molecule has 0 N–H and O–H groups in total. The molecule has 194 valence electrons. The number of esters is 2. The Kier molecular flexibility index (Phi) is 17.7. The summed E-state index contributed by atoms with van der Waals surface area (Å²) < 4.78 is 23.6. The Balaban J connectivity index is 2.19. The number of hydrogen-bond acceptors (Lipinski definition) is 4. The summed E-state index contributed by atoms with van der Waals surface area (Å²) in [6.07, 6.45) is 31.8. The van der Waals surface area contributed by atoms with E-state index >= 15 is 0 Å². The molecule has 0 spiro atoms. The average Bonchev–Trinajstić information content (AvgIpc) is 2.86. The van der Waals surface area contributed by atoms with Crippen molar-refractivity contribution in [3.8, 4) is 5.75 Å². The Morgan fingerprint density at radius 1 is 0.750 bits per heavy atom. The second-order valence-electron chi connectivity index (χ2n) is 7.79. The van der Waals surface area contributed by atoms with Crippen LogP contribution >= 0.6 is 0 Å². The molecule has 0 aliphatic heterocycles. The van der Waals surface area contributed by atoms with Crippen molar-refractivity contribution in [1.82, 2.24) is 0 Å². The molecule has 0 saturated carbocycles. The van der Waals surface area contributed by atoms with Gasteiger partial charge in [-0.3, -0.25) is 4.79 Å². The summed E-state index contributed by atoms with van der Waals surface area (Å²) >= 11 is 0. The number of carbonyl (C=O) groups is 2. The number of benzene rings is 1. The van der Waals surface area contributed by atoms with E-state index in [-0.39, 0.29) is 24.3 Å². The van der Waals surface area contributed by atoms with E-state index < -0.39 is 17.8 Å². The van der Waals surface area contributed by atoms with Crippen molar-refractivity contribution >= 4 is 11.9 Å². The highest BCUT2D eigenvalue weighted by Gasteiger charge is 2.17. The van der Waals surface area contributed by atoms with Crippen LogP contribution in [0.4, 0.5) is 4.39 Å². The Labute approximate surface area is 215 Å². The van der Waals surface area contributed by atoms with Crippen LogP contribution in [-0.4, -0.2) is 18.5 Å². The van der Waals surface area contributed by atoms with Gasteiger partial charge in [-0.05, 0) is 70.1 Å². The van der Waals surface area contributed by atoms with Crippen LogP contribution in [0.5, 0.6) is 5.75 Å². The summed E-state index contributed by atoms with van der Waals surface area (Å²) in [5.74, 6) is -1.82. The molecular formula is C31H39FO4. The quantitative estimate of drug-likeness (QED) is 0.124. The first-order chi connectivity index (χ1) is 17.6. The van der Waals surface area contributed by atoms with Gasteiger partial charge >= 0.3 is 11.9 Å². The second kappa shape index (κ2) is 20.9. The molecule has 4 nitrogen and oxygen atoms in total. The van der Waals surface area contributed by atoms with Crippen LogP contribution in [0.25, 0.3) is 0 Å². The molecule has 0 atom stereocenters. The SMILES string of the molecule is CC/C=C\C/C=C\C/C=C\C/C=C\C/C=C\C/C=C\CCC(=O)Oc1ccc(F)cc1C(=O)OCC. The van der Waals surface area contributed by atoms with Crippen molar-refractivity contribution in [1.29, 1.82) is 0 Å². The van der Waals surface area contributed by atoms with Crippen LogP contribution in [0.15, 0.2) is 91.1 Å². The largest absolute Gasteiger partial charge is 0.462 e. The van der Waals surface area contributed by atoms with Crippen molar-refractivity contribution in [3.63, 3.8) is 0 Å². The molecular weight excluding hydrogens is 455 g/mol. The molecule has 0 fully saturated rings. The normalized spacial score (nSPS) is 12.3. The van der Waals surface area contributed by atoms with Gasteiger partial charge in [0.25, 0.3) is 0 Å². The Bertz CT molecular complexity index is 951. The average molecular weight is 495 g/mol. The molecule has 1 aromatic carbocycles. The Hall–Kier alpha value is -3.47. The first-order valence-corrected chi connectivity index (χ1v) is 12.7. The molecule has 1 aromatic rings. The topological polar surface area (TPSA) is 52.6 Å². The highest BCUT2D eigenvalue weighted by molar-refractivity contribution is 5.93. The number of allylic oxidation sites excluding steroid dienone is 12. The van der Waals surface area contributed by atoms with Crippen LogP contribution in [0.2, 0.25) is 0 Å². The van der Waals surface area contributed by atoms with E-state index in [0.29, 0.717) is 6.42 Å². The van der Waals surface area contributed by atoms with Crippen LogP contribution in [0.3, 0.4) is 0 Å². The first kappa shape index (κ1) is 30.6. The highest BCUT2D eigenvalue weighted by Crippen LogP contribution is 2.21. The third-order valence-electron chi connectivity index (χ3n) is 4.77. The van der Waals surface area contributed by atoms with Gasteiger partial charge in [-0.1, -0.05) is 79.8 Å². The number of hydrogen-bond donors (Lipinski definition) is 0. The predicted molar refractivity (Wildman–Crippen MR) is 145 cm³/mol. The van der Waals surface area contributed by atoms with Gasteiger partial charge in [0, 0.05) is 6.42 Å². The minimum Gasteiger partial charge on any atom is -0.462 e. The lowest BCUT2D eigenvalue weighted by atomic mass is 10.2. The fraction of sp³-hybridized carbons (Fsp3) is 0.355. The molecule has 0 saturated heterocycles. The zero-order valence-corrected chi connectivity index (χ0v) is 21.5. The zero-order chi connectivity index (χ0) is 26.3. The number of carbonyl (C=O) groups excluding carboxylic acids is 2. The van der Waals surface area contributed by atoms with E-state index in [1.807, 2.05) is 12.2 Å². The van der Waals surface area contributed by atoms with Gasteiger partial charge in [0.2, 0.25) is 0 Å². The fourth-order valence-electron chi connectivity index (χ4n) is 2.97. The third kappa shape index (κ3) is 15.4. The van der Waals surface area contributed by atoms with E-state index in [1.54, 1.807) is 6.92 Å². The summed E-state index contributed by atoms with van der Waals surface area (Å²) in [6.45, 7) is 3.93. The summed E-state index contributed by atoms with van der Waals surface area (Å²) in [4.78, 5) is 24.0. The molecule has 1 rings (SSSR count). The molecule has 0 aromatic heterocycles. The van der Waals surface area contributed by atoms with Gasteiger partial charge in [-0.15, -0.1) is 0 Å². The monoisotopic (exact) mass is 494 g/mol. The van der Waals surface area contributed by atoms with E-state index in [0.717, 1.165) is 50.7 Å². The number of halogens is 1. The van der Waals surface area contributed by atoms with Crippen LogP contribution in [0.1, 0.15) is 75.6 Å². The molecule has 0 unspecified atom stereocenters. The highest BCUT2D eigenvalue weighted by atomic mass is 19.1. The van der Waals surface area contributed by atoms with Gasteiger partial charge in [-0.25, -0.2) is 9.18 Å². The second-order valence-corrected chi connectivity index (χ2v) is 7.79. The minimum atomic E-state index is -0.725. The molecule has 0 bridgehead atoms. The molecule has 0 heterocycles. The van der Waals surface area contributed by atoms with Gasteiger partial charge in [0.1, 0.15) is 17.1 Å². The summed E-state index contributed by atoms with van der Waals surface area (Å²) in [6, 6.07) is 3.40.